The SMILES string of the molecule is C[C@@H]1C[C@H](N(C)CC2CCN(CCO)CC2)C(=O)O1. The van der Waals surface area contributed by atoms with E-state index in [0.717, 1.165) is 45.4 Å². The maximum absolute atomic E-state index is 11.7. The van der Waals surface area contributed by atoms with Crippen molar-refractivity contribution in [1.29, 1.82) is 0 Å². The third-order valence-electron chi connectivity index (χ3n) is 4.35. The van der Waals surface area contributed by atoms with E-state index in [1.807, 2.05) is 14.0 Å². The van der Waals surface area contributed by atoms with Crippen LogP contribution in [-0.4, -0.2) is 72.9 Å². The molecule has 2 saturated heterocycles. The molecule has 0 spiro atoms. The van der Waals surface area contributed by atoms with Gasteiger partial charge in [0.05, 0.1) is 6.61 Å². The van der Waals surface area contributed by atoms with Gasteiger partial charge in [0.1, 0.15) is 12.1 Å². The summed E-state index contributed by atoms with van der Waals surface area (Å²) in [4.78, 5) is 16.2. The molecule has 5 nitrogen and oxygen atoms in total. The molecule has 0 bridgehead atoms. The molecule has 2 atom stereocenters. The van der Waals surface area contributed by atoms with Gasteiger partial charge in [-0.15, -0.1) is 0 Å². The van der Waals surface area contributed by atoms with Crippen LogP contribution in [0.5, 0.6) is 0 Å². The van der Waals surface area contributed by atoms with Crippen LogP contribution in [-0.2, 0) is 9.53 Å². The van der Waals surface area contributed by atoms with Gasteiger partial charge >= 0.3 is 5.97 Å². The lowest BCUT2D eigenvalue weighted by Crippen LogP contribution is -2.42. The fraction of sp³-hybridized carbons (Fsp3) is 0.929. The average Bonchev–Trinajstić information content (AvgIpc) is 2.71. The first-order valence-electron chi connectivity index (χ1n) is 7.34. The van der Waals surface area contributed by atoms with Gasteiger partial charge in [-0.1, -0.05) is 0 Å². The smallest absolute Gasteiger partial charge is 0.323 e. The molecule has 1 N–H and O–H groups in total. The predicted octanol–water partition coefficient (Wildman–Crippen LogP) is 0.327. The molecule has 110 valence electrons. The average molecular weight is 270 g/mol. The number of β-amino-alcohol motifs (C(OH)–C–C–N with tert-alkyl or cyclic N) is 1. The van der Waals surface area contributed by atoms with E-state index in [-0.39, 0.29) is 24.7 Å². The first-order valence-corrected chi connectivity index (χ1v) is 7.34. The summed E-state index contributed by atoms with van der Waals surface area (Å²) in [5, 5.41) is 8.93. The van der Waals surface area contributed by atoms with Gasteiger partial charge in [-0.25, -0.2) is 0 Å². The van der Waals surface area contributed by atoms with E-state index in [4.69, 9.17) is 9.84 Å². The monoisotopic (exact) mass is 270 g/mol. The van der Waals surface area contributed by atoms with Gasteiger partial charge in [0.15, 0.2) is 0 Å². The maximum atomic E-state index is 11.7. The number of aliphatic hydroxyl groups excluding tert-OH is 1. The van der Waals surface area contributed by atoms with Crippen LogP contribution in [0, 0.1) is 5.92 Å². The van der Waals surface area contributed by atoms with Crippen LogP contribution in [0.15, 0.2) is 0 Å². The quantitative estimate of drug-likeness (QED) is 0.730. The van der Waals surface area contributed by atoms with E-state index in [1.165, 1.54) is 0 Å². The van der Waals surface area contributed by atoms with Crippen molar-refractivity contribution < 1.29 is 14.6 Å². The van der Waals surface area contributed by atoms with Crippen molar-refractivity contribution in [1.82, 2.24) is 9.80 Å². The molecule has 2 aliphatic rings. The molecule has 2 fully saturated rings. The molecule has 2 aliphatic heterocycles. The van der Waals surface area contributed by atoms with Crippen LogP contribution < -0.4 is 0 Å². The van der Waals surface area contributed by atoms with Crippen LogP contribution in [0.2, 0.25) is 0 Å². The zero-order valence-electron chi connectivity index (χ0n) is 12.0. The Morgan fingerprint density at radius 2 is 2.11 bits per heavy atom. The standard InChI is InChI=1S/C14H26N2O3/c1-11-9-13(14(18)19-11)15(2)10-12-3-5-16(6-4-12)7-8-17/h11-13,17H,3-10H2,1-2H3/t11-,13+/m1/s1. The van der Waals surface area contributed by atoms with Crippen LogP contribution in [0.3, 0.4) is 0 Å². The number of esters is 1. The summed E-state index contributed by atoms with van der Waals surface area (Å²) in [6.07, 6.45) is 3.19. The Hall–Kier alpha value is -0.650. The van der Waals surface area contributed by atoms with E-state index in [2.05, 4.69) is 9.80 Å². The fourth-order valence-electron chi connectivity index (χ4n) is 3.16. The van der Waals surface area contributed by atoms with Crippen molar-refractivity contribution in [2.75, 3.05) is 39.8 Å². The number of nitrogens with zero attached hydrogens (tertiary/aromatic N) is 2. The highest BCUT2D eigenvalue weighted by Gasteiger charge is 2.35. The highest BCUT2D eigenvalue weighted by atomic mass is 16.6. The Morgan fingerprint density at radius 1 is 1.42 bits per heavy atom. The number of carbonyl (C=O) groups is 1. The Kier molecular flexibility index (Phi) is 5.19. The number of likely N-dealkylation sites (tertiary alicyclic amines) is 1. The van der Waals surface area contributed by atoms with Crippen molar-refractivity contribution in [2.45, 2.75) is 38.3 Å². The molecule has 19 heavy (non-hydrogen) atoms. The summed E-state index contributed by atoms with van der Waals surface area (Å²) >= 11 is 0. The Bertz CT molecular complexity index is 303. The molecule has 2 heterocycles. The molecule has 0 aromatic rings. The van der Waals surface area contributed by atoms with Gasteiger partial charge in [0, 0.05) is 19.5 Å². The van der Waals surface area contributed by atoms with Crippen LogP contribution in [0.1, 0.15) is 26.2 Å². The Balaban J connectivity index is 1.74. The maximum Gasteiger partial charge on any atom is 0.323 e. The summed E-state index contributed by atoms with van der Waals surface area (Å²) < 4.78 is 5.22. The van der Waals surface area contributed by atoms with Crippen molar-refractivity contribution in [3.8, 4) is 0 Å². The third-order valence-corrected chi connectivity index (χ3v) is 4.35. The first-order chi connectivity index (χ1) is 9.10. The van der Waals surface area contributed by atoms with Crippen molar-refractivity contribution in [3.63, 3.8) is 0 Å². The molecular weight excluding hydrogens is 244 g/mol. The van der Waals surface area contributed by atoms with Gasteiger partial charge in [-0.2, -0.15) is 0 Å². The lowest BCUT2D eigenvalue weighted by Gasteiger charge is -2.34. The summed E-state index contributed by atoms with van der Waals surface area (Å²) in [6, 6.07) is -0.0505. The molecular formula is C14H26N2O3. The topological polar surface area (TPSA) is 53.0 Å². The minimum absolute atomic E-state index is 0.0505. The number of carbonyl (C=O) groups excluding carboxylic acids is 1. The predicted molar refractivity (Wildman–Crippen MR) is 72.8 cm³/mol. The first kappa shape index (κ1) is 14.8. The number of aliphatic hydroxyl groups is 1. The number of rotatable bonds is 5. The number of hydrogen-bond acceptors (Lipinski definition) is 5. The summed E-state index contributed by atoms with van der Waals surface area (Å²) in [6.45, 7) is 6.08. The van der Waals surface area contributed by atoms with Crippen LogP contribution in [0.4, 0.5) is 0 Å². The minimum atomic E-state index is -0.0623. The highest BCUT2D eigenvalue weighted by molar-refractivity contribution is 5.77. The second-order valence-corrected chi connectivity index (χ2v) is 5.95. The molecule has 0 amide bonds. The number of hydrogen-bond donors (Lipinski definition) is 1. The fourth-order valence-corrected chi connectivity index (χ4v) is 3.16. The number of ether oxygens (including phenoxy) is 1. The van der Waals surface area contributed by atoms with E-state index in [1.54, 1.807) is 0 Å². The molecule has 0 aliphatic carbocycles. The van der Waals surface area contributed by atoms with E-state index in [9.17, 15) is 4.79 Å². The zero-order valence-corrected chi connectivity index (χ0v) is 12.0. The lowest BCUT2D eigenvalue weighted by atomic mass is 9.95. The van der Waals surface area contributed by atoms with E-state index in [0.29, 0.717) is 5.92 Å². The van der Waals surface area contributed by atoms with Gasteiger partial charge < -0.3 is 14.7 Å². The van der Waals surface area contributed by atoms with Crippen molar-refractivity contribution >= 4 is 5.97 Å². The van der Waals surface area contributed by atoms with Gasteiger partial charge in [-0.3, -0.25) is 9.69 Å². The number of piperidine rings is 1. The van der Waals surface area contributed by atoms with Crippen molar-refractivity contribution in [2.24, 2.45) is 5.92 Å². The van der Waals surface area contributed by atoms with Gasteiger partial charge in [-0.05, 0) is 45.8 Å². The summed E-state index contributed by atoms with van der Waals surface area (Å²) in [5.41, 5.74) is 0. The van der Waals surface area contributed by atoms with Crippen molar-refractivity contribution in [3.05, 3.63) is 0 Å². The summed E-state index contributed by atoms with van der Waals surface area (Å²) in [7, 11) is 2.03. The van der Waals surface area contributed by atoms with Gasteiger partial charge in [0.25, 0.3) is 0 Å². The van der Waals surface area contributed by atoms with Gasteiger partial charge in [0.2, 0.25) is 0 Å². The third kappa shape index (κ3) is 3.91. The molecule has 0 radical (unpaired) electrons. The minimum Gasteiger partial charge on any atom is -0.461 e. The molecule has 2 rings (SSSR count). The molecule has 0 aromatic carbocycles. The molecule has 0 unspecified atom stereocenters. The van der Waals surface area contributed by atoms with Crippen LogP contribution >= 0.6 is 0 Å². The Labute approximate surface area is 115 Å². The molecule has 0 aromatic heterocycles. The van der Waals surface area contributed by atoms with Crippen LogP contribution in [0.25, 0.3) is 0 Å². The number of likely N-dealkylation sites (N-methyl/N-ethyl adjacent to an activating group) is 1. The normalized spacial score (nSPS) is 30.0. The van der Waals surface area contributed by atoms with E-state index >= 15 is 0 Å². The van der Waals surface area contributed by atoms with E-state index < -0.39 is 0 Å². The zero-order chi connectivity index (χ0) is 13.8. The Morgan fingerprint density at radius 3 is 2.63 bits per heavy atom. The highest BCUT2D eigenvalue weighted by Crippen LogP contribution is 2.23. The lowest BCUT2D eigenvalue weighted by molar-refractivity contribution is -0.144. The largest absolute Gasteiger partial charge is 0.461 e. The second kappa shape index (κ2) is 6.68. The number of cyclic esters (lactones) is 1. The summed E-state index contributed by atoms with van der Waals surface area (Å²) in [5.74, 6) is 0.594. The molecule has 0 saturated carbocycles. The molecule has 5 heteroatoms. The second-order valence-electron chi connectivity index (χ2n) is 5.95.